The van der Waals surface area contributed by atoms with Crippen LogP contribution in [0.2, 0.25) is 0 Å². The molecule has 1 aliphatic rings. The van der Waals surface area contributed by atoms with Crippen molar-refractivity contribution in [3.63, 3.8) is 0 Å². The highest BCUT2D eigenvalue weighted by atomic mass is 32.1. The van der Waals surface area contributed by atoms with Gasteiger partial charge in [-0.2, -0.15) is 13.2 Å². The number of nitrogens with one attached hydrogen (secondary N) is 2. The first-order valence-corrected chi connectivity index (χ1v) is 9.01. The quantitative estimate of drug-likeness (QED) is 0.555. The lowest BCUT2D eigenvalue weighted by Crippen LogP contribution is -2.45. The highest BCUT2D eigenvalue weighted by molar-refractivity contribution is 7.09. The third-order valence-electron chi connectivity index (χ3n) is 3.82. The van der Waals surface area contributed by atoms with E-state index in [4.69, 9.17) is 0 Å². The Hall–Kier alpha value is -1.35. The van der Waals surface area contributed by atoms with Crippen LogP contribution in [-0.2, 0) is 12.6 Å². The second kappa shape index (κ2) is 8.66. The average molecular weight is 364 g/mol. The minimum Gasteiger partial charge on any atom is -0.393 e. The molecule has 0 aliphatic heterocycles. The molecule has 0 atom stereocenters. The zero-order valence-corrected chi connectivity index (χ0v) is 14.4. The molecule has 0 spiro atoms. The molecule has 0 bridgehead atoms. The zero-order valence-electron chi connectivity index (χ0n) is 13.6. The Labute approximate surface area is 143 Å². The van der Waals surface area contributed by atoms with E-state index in [1.165, 1.54) is 0 Å². The normalized spacial score (nSPS) is 22.5. The average Bonchev–Trinajstić information content (AvgIpc) is 2.99. The zero-order chi connectivity index (χ0) is 17.6. The Morgan fingerprint density at radius 1 is 1.38 bits per heavy atom. The van der Waals surface area contributed by atoms with E-state index in [9.17, 15) is 18.3 Å². The molecule has 1 aromatic heterocycles. The van der Waals surface area contributed by atoms with Crippen molar-refractivity contribution < 1.29 is 18.3 Å². The molecule has 9 heteroatoms. The summed E-state index contributed by atoms with van der Waals surface area (Å²) < 4.78 is 37.6. The smallest absolute Gasteiger partial charge is 0.393 e. The minimum atomic E-state index is -4.39. The number of hydrogen-bond donors (Lipinski definition) is 3. The molecule has 1 aliphatic carbocycles. The summed E-state index contributed by atoms with van der Waals surface area (Å²) >= 11 is 1.01. The molecule has 0 amide bonds. The summed E-state index contributed by atoms with van der Waals surface area (Å²) in [6.07, 6.45) is -0.914. The molecule has 0 aromatic carbocycles. The van der Waals surface area contributed by atoms with E-state index in [1.54, 1.807) is 0 Å². The molecule has 2 rings (SSSR count). The van der Waals surface area contributed by atoms with E-state index in [0.717, 1.165) is 42.4 Å². The Morgan fingerprint density at radius 3 is 2.67 bits per heavy atom. The van der Waals surface area contributed by atoms with Crippen LogP contribution < -0.4 is 10.6 Å². The van der Waals surface area contributed by atoms with E-state index < -0.39 is 11.9 Å². The first kappa shape index (κ1) is 19.0. The predicted molar refractivity (Wildman–Crippen MR) is 88.2 cm³/mol. The number of guanidine groups is 1. The van der Waals surface area contributed by atoms with Crippen molar-refractivity contribution in [2.75, 3.05) is 13.1 Å². The number of hydrogen-bond acceptors (Lipinski definition) is 4. The van der Waals surface area contributed by atoms with Gasteiger partial charge in [-0.25, -0.2) is 4.98 Å². The van der Waals surface area contributed by atoms with Gasteiger partial charge in [-0.3, -0.25) is 4.99 Å². The van der Waals surface area contributed by atoms with E-state index in [-0.39, 0.29) is 12.1 Å². The number of rotatable bonds is 5. The number of thiazole rings is 1. The number of alkyl halides is 3. The third kappa shape index (κ3) is 5.94. The highest BCUT2D eigenvalue weighted by Crippen LogP contribution is 2.30. The molecule has 24 heavy (non-hydrogen) atoms. The number of halogens is 3. The van der Waals surface area contributed by atoms with Crippen molar-refractivity contribution in [3.8, 4) is 0 Å². The lowest BCUT2D eigenvalue weighted by atomic mass is 9.93. The first-order valence-electron chi connectivity index (χ1n) is 8.13. The molecule has 5 nitrogen and oxygen atoms in total. The summed E-state index contributed by atoms with van der Waals surface area (Å²) in [4.78, 5) is 8.01. The number of aromatic nitrogens is 1. The Bertz CT molecular complexity index is 539. The fourth-order valence-electron chi connectivity index (χ4n) is 2.55. The van der Waals surface area contributed by atoms with Gasteiger partial charge in [0.2, 0.25) is 0 Å². The molecule has 1 aromatic rings. The molecular weight excluding hydrogens is 341 g/mol. The lowest BCUT2D eigenvalue weighted by Gasteiger charge is -2.27. The SMILES string of the molecule is CCNC(=NCCc1nc(C(F)(F)F)cs1)NC1CCC(O)CC1. The van der Waals surface area contributed by atoms with E-state index in [1.807, 2.05) is 6.92 Å². The minimum absolute atomic E-state index is 0.213. The molecule has 0 saturated heterocycles. The number of aliphatic imine (C=N–C) groups is 1. The molecule has 1 fully saturated rings. The largest absolute Gasteiger partial charge is 0.434 e. The predicted octanol–water partition coefficient (Wildman–Crippen LogP) is 2.56. The van der Waals surface area contributed by atoms with Gasteiger partial charge < -0.3 is 15.7 Å². The summed E-state index contributed by atoms with van der Waals surface area (Å²) in [5.74, 6) is 0.659. The number of aliphatic hydroxyl groups is 1. The van der Waals surface area contributed by atoms with Gasteiger partial charge in [-0.05, 0) is 32.6 Å². The van der Waals surface area contributed by atoms with Crippen molar-refractivity contribution >= 4 is 17.3 Å². The molecule has 1 saturated carbocycles. The monoisotopic (exact) mass is 364 g/mol. The van der Waals surface area contributed by atoms with Gasteiger partial charge in [-0.1, -0.05) is 0 Å². The number of aliphatic hydroxyl groups excluding tert-OH is 1. The standard InChI is InChI=1S/C15H23F3N4OS/c1-2-19-14(21-10-3-5-11(23)6-4-10)20-8-7-13-22-12(9-24-13)15(16,17)18/h9-11,23H,2-8H2,1H3,(H2,19,20,21). The van der Waals surface area contributed by atoms with E-state index in [0.29, 0.717) is 30.5 Å². The molecular formula is C15H23F3N4OS. The van der Waals surface area contributed by atoms with Crippen LogP contribution in [0.1, 0.15) is 43.3 Å². The van der Waals surface area contributed by atoms with Crippen LogP contribution in [-0.4, -0.2) is 41.3 Å². The number of nitrogens with zero attached hydrogens (tertiary/aromatic N) is 2. The molecule has 0 radical (unpaired) electrons. The van der Waals surface area contributed by atoms with Gasteiger partial charge in [0.25, 0.3) is 0 Å². The Balaban J connectivity index is 1.85. The van der Waals surface area contributed by atoms with Crippen molar-refractivity contribution in [2.24, 2.45) is 4.99 Å². The second-order valence-electron chi connectivity index (χ2n) is 5.78. The van der Waals surface area contributed by atoms with Gasteiger partial charge in [-0.15, -0.1) is 11.3 Å². The highest BCUT2D eigenvalue weighted by Gasteiger charge is 2.33. The summed E-state index contributed by atoms with van der Waals surface area (Å²) in [6, 6.07) is 0.267. The first-order chi connectivity index (χ1) is 11.4. The summed E-state index contributed by atoms with van der Waals surface area (Å²) in [6.45, 7) is 3.03. The van der Waals surface area contributed by atoms with Crippen LogP contribution in [0.15, 0.2) is 10.4 Å². The molecule has 0 unspecified atom stereocenters. The van der Waals surface area contributed by atoms with E-state index in [2.05, 4.69) is 20.6 Å². The fourth-order valence-corrected chi connectivity index (χ4v) is 3.35. The van der Waals surface area contributed by atoms with Gasteiger partial charge in [0.15, 0.2) is 11.7 Å². The molecule has 136 valence electrons. The summed E-state index contributed by atoms with van der Waals surface area (Å²) in [5.41, 5.74) is -0.836. The van der Waals surface area contributed by atoms with Crippen LogP contribution in [0.3, 0.4) is 0 Å². The molecule has 3 N–H and O–H groups in total. The third-order valence-corrected chi connectivity index (χ3v) is 4.73. The fraction of sp³-hybridized carbons (Fsp3) is 0.733. The lowest BCUT2D eigenvalue weighted by molar-refractivity contribution is -0.140. The van der Waals surface area contributed by atoms with Crippen LogP contribution in [0.5, 0.6) is 0 Å². The second-order valence-corrected chi connectivity index (χ2v) is 6.73. The van der Waals surface area contributed by atoms with Gasteiger partial charge in [0.05, 0.1) is 11.1 Å². The van der Waals surface area contributed by atoms with Crippen LogP contribution in [0, 0.1) is 0 Å². The van der Waals surface area contributed by atoms with Gasteiger partial charge >= 0.3 is 6.18 Å². The van der Waals surface area contributed by atoms with Crippen molar-refractivity contribution in [1.82, 2.24) is 15.6 Å². The Morgan fingerprint density at radius 2 is 2.08 bits per heavy atom. The summed E-state index contributed by atoms with van der Waals surface area (Å²) in [5, 5.41) is 17.5. The maximum absolute atomic E-state index is 12.5. The topological polar surface area (TPSA) is 69.5 Å². The van der Waals surface area contributed by atoms with Crippen molar-refractivity contribution in [2.45, 2.75) is 57.3 Å². The van der Waals surface area contributed by atoms with Crippen molar-refractivity contribution in [1.29, 1.82) is 0 Å². The van der Waals surface area contributed by atoms with Crippen LogP contribution in [0.4, 0.5) is 13.2 Å². The van der Waals surface area contributed by atoms with Gasteiger partial charge in [0, 0.05) is 30.9 Å². The van der Waals surface area contributed by atoms with Crippen molar-refractivity contribution in [3.05, 3.63) is 16.1 Å². The summed E-state index contributed by atoms with van der Waals surface area (Å²) in [7, 11) is 0. The van der Waals surface area contributed by atoms with E-state index >= 15 is 0 Å². The Kier molecular flexibility index (Phi) is 6.85. The van der Waals surface area contributed by atoms with Crippen LogP contribution in [0.25, 0.3) is 0 Å². The molecule has 1 heterocycles. The maximum Gasteiger partial charge on any atom is 0.434 e. The van der Waals surface area contributed by atoms with Gasteiger partial charge in [0.1, 0.15) is 0 Å². The maximum atomic E-state index is 12.5. The van der Waals surface area contributed by atoms with Crippen LogP contribution >= 0.6 is 11.3 Å².